The van der Waals surface area contributed by atoms with Gasteiger partial charge in [0.15, 0.2) is 23.0 Å². The van der Waals surface area contributed by atoms with Crippen LogP contribution in [0.3, 0.4) is 0 Å². The smallest absolute Gasteiger partial charge is 0.307 e. The summed E-state index contributed by atoms with van der Waals surface area (Å²) >= 11 is 0. The summed E-state index contributed by atoms with van der Waals surface area (Å²) in [4.78, 5) is 23.9. The van der Waals surface area contributed by atoms with Crippen LogP contribution < -0.4 is 14.7 Å². The molecule has 0 saturated heterocycles. The Labute approximate surface area is 143 Å². The monoisotopic (exact) mass is 347 g/mol. The van der Waals surface area contributed by atoms with Crippen LogP contribution in [0.5, 0.6) is 11.5 Å². The minimum Gasteiger partial charge on any atom is -0.595 e. The van der Waals surface area contributed by atoms with Crippen LogP contribution in [0, 0.1) is 5.21 Å². The maximum Gasteiger partial charge on any atom is 0.307 e. The Balaban J connectivity index is 2.57. The molecule has 0 spiro atoms. The predicted octanol–water partition coefficient (Wildman–Crippen LogP) is 0.965. The van der Waals surface area contributed by atoms with Gasteiger partial charge in [0.05, 0.1) is 20.6 Å². The van der Waals surface area contributed by atoms with Crippen molar-refractivity contribution in [1.29, 1.82) is 0 Å². The number of ketones is 1. The van der Waals surface area contributed by atoms with Crippen LogP contribution in [0.1, 0.15) is 21.5 Å². The number of carbonyl (C=O) groups excluding carboxylic acids is 1. The molecule has 0 aliphatic heterocycles. The van der Waals surface area contributed by atoms with E-state index in [-0.39, 0.29) is 34.5 Å². The molecule has 0 aromatic heterocycles. The van der Waals surface area contributed by atoms with Gasteiger partial charge in [0.1, 0.15) is 0 Å². The fourth-order valence-electron chi connectivity index (χ4n) is 2.39. The van der Waals surface area contributed by atoms with Crippen LogP contribution >= 0.6 is 0 Å². The zero-order valence-electron chi connectivity index (χ0n) is 13.6. The third-order valence-electron chi connectivity index (χ3n) is 3.57. The number of aliphatic carboxylic acids is 1. The molecule has 2 aromatic rings. The van der Waals surface area contributed by atoms with Gasteiger partial charge in [0.25, 0.3) is 0 Å². The fourth-order valence-corrected chi connectivity index (χ4v) is 2.39. The quantitative estimate of drug-likeness (QED) is 0.504. The Bertz CT molecular complexity index is 802. The summed E-state index contributed by atoms with van der Waals surface area (Å²) in [6, 6.07) is 8.36. The molecule has 3 N–H and O–H groups in total. The van der Waals surface area contributed by atoms with Gasteiger partial charge in [-0.2, -0.15) is 5.23 Å². The lowest BCUT2D eigenvalue weighted by atomic mass is 9.95. The predicted molar refractivity (Wildman–Crippen MR) is 86.5 cm³/mol. The number of benzene rings is 2. The summed E-state index contributed by atoms with van der Waals surface area (Å²) < 4.78 is 10.3. The van der Waals surface area contributed by atoms with Crippen LogP contribution in [0.4, 0.5) is 5.69 Å². The van der Waals surface area contributed by atoms with Gasteiger partial charge in [-0.1, -0.05) is 12.1 Å². The molecule has 1 unspecified atom stereocenters. The second-order valence-corrected chi connectivity index (χ2v) is 5.15. The molecule has 25 heavy (non-hydrogen) atoms. The summed E-state index contributed by atoms with van der Waals surface area (Å²) in [5.74, 6) is -1.04. The third-order valence-corrected chi connectivity index (χ3v) is 3.57. The number of methoxy groups -OCH3 is 2. The van der Waals surface area contributed by atoms with E-state index in [4.69, 9.17) is 19.8 Å². The van der Waals surface area contributed by atoms with E-state index in [0.717, 1.165) is 0 Å². The van der Waals surface area contributed by atoms with Crippen LogP contribution in [0.15, 0.2) is 36.4 Å². The number of ether oxygens (including phenoxy) is 2. The van der Waals surface area contributed by atoms with E-state index in [1.165, 1.54) is 50.6 Å². The molecule has 2 aromatic carbocycles. The SMILES string of the molecule is COc1cc(CC(=O)O)c(C(=O)c2cccc([NH+]([O-])O)c2)cc1OC. The van der Waals surface area contributed by atoms with Gasteiger partial charge in [-0.3, -0.25) is 9.59 Å². The van der Waals surface area contributed by atoms with E-state index < -0.39 is 17.0 Å². The first-order chi connectivity index (χ1) is 11.9. The molecular formula is C17H17NO7. The normalized spacial score (nSPS) is 11.7. The molecule has 0 aliphatic carbocycles. The number of hydrogen-bond donors (Lipinski definition) is 3. The van der Waals surface area contributed by atoms with E-state index in [1.807, 2.05) is 0 Å². The highest BCUT2D eigenvalue weighted by Crippen LogP contribution is 2.32. The summed E-state index contributed by atoms with van der Waals surface area (Å²) in [7, 11) is 2.80. The number of hydrogen-bond acceptors (Lipinski definition) is 6. The topological polar surface area (TPSA) is 121 Å². The molecule has 0 aliphatic rings. The molecular weight excluding hydrogens is 330 g/mol. The van der Waals surface area contributed by atoms with Crippen molar-refractivity contribution in [2.24, 2.45) is 0 Å². The molecule has 0 fully saturated rings. The molecule has 0 radical (unpaired) electrons. The first-order valence-electron chi connectivity index (χ1n) is 7.22. The summed E-state index contributed by atoms with van der Waals surface area (Å²) in [5, 5.41) is 28.1. The molecule has 8 heteroatoms. The van der Waals surface area contributed by atoms with Gasteiger partial charge in [-0.05, 0) is 17.7 Å². The highest BCUT2D eigenvalue weighted by Gasteiger charge is 2.20. The lowest BCUT2D eigenvalue weighted by Gasteiger charge is -2.15. The van der Waals surface area contributed by atoms with E-state index in [0.29, 0.717) is 5.75 Å². The molecule has 0 amide bonds. The molecule has 8 nitrogen and oxygen atoms in total. The Kier molecular flexibility index (Phi) is 5.71. The molecule has 0 bridgehead atoms. The van der Waals surface area contributed by atoms with E-state index in [2.05, 4.69) is 0 Å². The lowest BCUT2D eigenvalue weighted by Crippen LogP contribution is -2.99. The number of carboxylic acid groups (broad SMARTS) is 1. The Morgan fingerprint density at radius 3 is 2.32 bits per heavy atom. The fraction of sp³-hybridized carbons (Fsp3) is 0.176. The van der Waals surface area contributed by atoms with Crippen molar-refractivity contribution in [3.05, 3.63) is 58.3 Å². The van der Waals surface area contributed by atoms with Crippen molar-refractivity contribution in [3.63, 3.8) is 0 Å². The second kappa shape index (κ2) is 7.75. The number of nitrogens with one attached hydrogen (secondary N) is 1. The summed E-state index contributed by atoms with van der Waals surface area (Å²) in [5.41, 5.74) is 0.461. The number of carbonyl (C=O) groups is 2. The second-order valence-electron chi connectivity index (χ2n) is 5.15. The van der Waals surface area contributed by atoms with Crippen molar-refractivity contribution in [1.82, 2.24) is 0 Å². The highest BCUT2D eigenvalue weighted by molar-refractivity contribution is 6.11. The van der Waals surface area contributed by atoms with E-state index in [1.54, 1.807) is 0 Å². The molecule has 132 valence electrons. The standard InChI is InChI=1S/C17H17NO7/c1-24-14-7-11(8-16(19)20)13(9-15(14)25-2)17(21)10-4-3-5-12(6-10)18(22)23/h3-7,9,18,22H,8H2,1-2H3,(H,19,20). The van der Waals surface area contributed by atoms with Gasteiger partial charge in [-0.25, -0.2) is 5.21 Å². The largest absolute Gasteiger partial charge is 0.595 e. The van der Waals surface area contributed by atoms with Crippen molar-refractivity contribution in [3.8, 4) is 11.5 Å². The average molecular weight is 347 g/mol. The average Bonchev–Trinajstić information content (AvgIpc) is 2.60. The number of rotatable bonds is 7. The maximum absolute atomic E-state index is 12.8. The van der Waals surface area contributed by atoms with Crippen LogP contribution in [0.25, 0.3) is 0 Å². The van der Waals surface area contributed by atoms with Gasteiger partial charge in [0.2, 0.25) is 0 Å². The molecule has 0 heterocycles. The van der Waals surface area contributed by atoms with Gasteiger partial charge >= 0.3 is 5.97 Å². The lowest BCUT2D eigenvalue weighted by molar-refractivity contribution is -0.991. The van der Waals surface area contributed by atoms with Gasteiger partial charge < -0.3 is 19.8 Å². The van der Waals surface area contributed by atoms with Gasteiger partial charge in [-0.15, -0.1) is 0 Å². The summed E-state index contributed by atoms with van der Waals surface area (Å²) in [6.07, 6.45) is -0.389. The molecule has 2 rings (SSSR count). The van der Waals surface area contributed by atoms with E-state index >= 15 is 0 Å². The Morgan fingerprint density at radius 1 is 1.12 bits per heavy atom. The third kappa shape index (κ3) is 4.13. The van der Waals surface area contributed by atoms with Crippen molar-refractivity contribution in [2.75, 3.05) is 14.2 Å². The zero-order chi connectivity index (χ0) is 18.6. The Morgan fingerprint density at radius 2 is 1.76 bits per heavy atom. The highest BCUT2D eigenvalue weighted by atomic mass is 16.8. The number of quaternary nitrogens is 1. The first-order valence-corrected chi connectivity index (χ1v) is 7.22. The maximum atomic E-state index is 12.8. The van der Waals surface area contributed by atoms with E-state index in [9.17, 15) is 14.8 Å². The summed E-state index contributed by atoms with van der Waals surface area (Å²) in [6.45, 7) is 0. The zero-order valence-corrected chi connectivity index (χ0v) is 13.6. The van der Waals surface area contributed by atoms with Crippen molar-refractivity contribution in [2.45, 2.75) is 6.42 Å². The van der Waals surface area contributed by atoms with Crippen LogP contribution in [-0.2, 0) is 11.2 Å². The first kappa shape index (κ1) is 18.4. The van der Waals surface area contributed by atoms with Crippen LogP contribution in [-0.4, -0.2) is 36.3 Å². The minimum atomic E-state index is -1.16. The van der Waals surface area contributed by atoms with Crippen molar-refractivity contribution < 1.29 is 34.6 Å². The van der Waals surface area contributed by atoms with Crippen LogP contribution in [0.2, 0.25) is 0 Å². The Hall–Kier alpha value is -2.94. The van der Waals surface area contributed by atoms with Gasteiger partial charge in [0, 0.05) is 23.3 Å². The number of carboxylic acids is 1. The molecule has 1 atom stereocenters. The molecule has 0 saturated carbocycles. The van der Waals surface area contributed by atoms with Crippen molar-refractivity contribution >= 4 is 17.4 Å². The minimum absolute atomic E-state index is 0.0360.